The molecule has 1 aliphatic carbocycles. The fourth-order valence-electron chi connectivity index (χ4n) is 3.10. The van der Waals surface area contributed by atoms with E-state index in [0.29, 0.717) is 13.0 Å². The third kappa shape index (κ3) is 2.45. The molecule has 1 aromatic rings. The predicted octanol–water partition coefficient (Wildman–Crippen LogP) is 4.00. The Morgan fingerprint density at radius 2 is 2.10 bits per heavy atom. The van der Waals surface area contributed by atoms with Gasteiger partial charge in [-0.3, -0.25) is 4.79 Å². The van der Waals surface area contributed by atoms with Crippen LogP contribution < -0.4 is 0 Å². The Morgan fingerprint density at radius 3 is 2.95 bits per heavy atom. The van der Waals surface area contributed by atoms with E-state index < -0.39 is 0 Å². The number of allylic oxidation sites excluding steroid dienone is 2. The number of carbonyl (C=O) groups is 1. The fraction of sp³-hybridized carbons (Fsp3) is 0.471. The van der Waals surface area contributed by atoms with E-state index in [9.17, 15) is 4.79 Å². The Bertz CT molecular complexity index is 545. The maximum absolute atomic E-state index is 11.8. The van der Waals surface area contributed by atoms with Crippen LogP contribution >= 0.6 is 0 Å². The molecule has 1 heterocycles. The minimum absolute atomic E-state index is 0.188. The van der Waals surface area contributed by atoms with E-state index in [-0.39, 0.29) is 12.1 Å². The van der Waals surface area contributed by atoms with Crippen LogP contribution in [-0.2, 0) is 14.3 Å². The van der Waals surface area contributed by atoms with Crippen molar-refractivity contribution in [1.82, 2.24) is 0 Å². The van der Waals surface area contributed by atoms with Crippen molar-refractivity contribution in [3.05, 3.63) is 41.2 Å². The van der Waals surface area contributed by atoms with Gasteiger partial charge in [0, 0.05) is 12.0 Å². The lowest BCUT2D eigenvalue weighted by Crippen LogP contribution is -2.19. The van der Waals surface area contributed by atoms with E-state index in [4.69, 9.17) is 9.47 Å². The van der Waals surface area contributed by atoms with Crippen LogP contribution in [0, 0.1) is 0 Å². The minimum atomic E-state index is -0.193. The zero-order chi connectivity index (χ0) is 13.9. The van der Waals surface area contributed by atoms with Crippen LogP contribution in [0.3, 0.4) is 0 Å². The van der Waals surface area contributed by atoms with Crippen LogP contribution in [-0.4, -0.2) is 12.6 Å². The molecule has 1 unspecified atom stereocenters. The SMILES string of the molecule is CCOC(=O)CC1OC2=C(CCCC2)c2ccccc21. The average Bonchev–Trinajstić information content (AvgIpc) is 2.48. The molecule has 3 rings (SSSR count). The second kappa shape index (κ2) is 5.70. The molecular weight excluding hydrogens is 252 g/mol. The van der Waals surface area contributed by atoms with Gasteiger partial charge in [0.25, 0.3) is 0 Å². The van der Waals surface area contributed by atoms with Gasteiger partial charge in [0.05, 0.1) is 13.0 Å². The summed E-state index contributed by atoms with van der Waals surface area (Å²) in [7, 11) is 0. The van der Waals surface area contributed by atoms with Gasteiger partial charge in [0.1, 0.15) is 11.9 Å². The molecule has 0 aromatic heterocycles. The van der Waals surface area contributed by atoms with E-state index >= 15 is 0 Å². The Kier molecular flexibility index (Phi) is 3.77. The van der Waals surface area contributed by atoms with Gasteiger partial charge in [-0.25, -0.2) is 0 Å². The standard InChI is InChI=1S/C17H20O3/c1-2-19-17(18)11-16-14-9-4-3-7-12(14)13-8-5-6-10-15(13)20-16/h3-4,7,9,16H,2,5-6,8,10-11H2,1H3. The molecule has 2 aliphatic rings. The molecule has 0 bridgehead atoms. The molecule has 1 atom stereocenters. The van der Waals surface area contributed by atoms with Crippen molar-refractivity contribution in [1.29, 1.82) is 0 Å². The van der Waals surface area contributed by atoms with Crippen molar-refractivity contribution >= 4 is 11.5 Å². The summed E-state index contributed by atoms with van der Waals surface area (Å²) in [5, 5.41) is 0. The third-order valence-electron chi connectivity index (χ3n) is 3.99. The molecule has 0 amide bonds. The highest BCUT2D eigenvalue weighted by molar-refractivity contribution is 5.75. The maximum Gasteiger partial charge on any atom is 0.309 e. The number of esters is 1. The number of carbonyl (C=O) groups excluding carboxylic acids is 1. The molecule has 0 saturated heterocycles. The van der Waals surface area contributed by atoms with E-state index in [1.165, 1.54) is 24.0 Å². The van der Waals surface area contributed by atoms with Crippen LogP contribution in [0.4, 0.5) is 0 Å². The molecule has 0 N–H and O–H groups in total. The summed E-state index contributed by atoms with van der Waals surface area (Å²) in [4.78, 5) is 11.8. The Morgan fingerprint density at radius 1 is 1.30 bits per heavy atom. The lowest BCUT2D eigenvalue weighted by molar-refractivity contribution is -0.145. The van der Waals surface area contributed by atoms with Gasteiger partial charge in [-0.15, -0.1) is 0 Å². The summed E-state index contributed by atoms with van der Waals surface area (Å²) < 4.78 is 11.2. The van der Waals surface area contributed by atoms with Gasteiger partial charge in [-0.2, -0.15) is 0 Å². The van der Waals surface area contributed by atoms with Crippen molar-refractivity contribution in [2.75, 3.05) is 6.61 Å². The monoisotopic (exact) mass is 272 g/mol. The van der Waals surface area contributed by atoms with E-state index in [1.807, 2.05) is 13.0 Å². The highest BCUT2D eigenvalue weighted by atomic mass is 16.5. The first-order valence-corrected chi connectivity index (χ1v) is 7.43. The third-order valence-corrected chi connectivity index (χ3v) is 3.99. The second-order valence-electron chi connectivity index (χ2n) is 5.31. The van der Waals surface area contributed by atoms with Gasteiger partial charge in [0.2, 0.25) is 0 Å². The number of hydrogen-bond acceptors (Lipinski definition) is 3. The van der Waals surface area contributed by atoms with Crippen LogP contribution in [0.1, 0.15) is 56.3 Å². The largest absolute Gasteiger partial charge is 0.489 e. The van der Waals surface area contributed by atoms with Crippen molar-refractivity contribution < 1.29 is 14.3 Å². The number of benzene rings is 1. The van der Waals surface area contributed by atoms with Gasteiger partial charge >= 0.3 is 5.97 Å². The summed E-state index contributed by atoms with van der Waals surface area (Å²) >= 11 is 0. The normalized spacial score (nSPS) is 20.8. The fourth-order valence-corrected chi connectivity index (χ4v) is 3.10. The van der Waals surface area contributed by atoms with Gasteiger partial charge in [-0.1, -0.05) is 24.3 Å². The summed E-state index contributed by atoms with van der Waals surface area (Å²) in [6, 6.07) is 8.29. The Hall–Kier alpha value is -1.77. The predicted molar refractivity (Wildman–Crippen MR) is 76.9 cm³/mol. The summed E-state index contributed by atoms with van der Waals surface area (Å²) in [5.74, 6) is 0.899. The molecular formula is C17H20O3. The molecule has 0 radical (unpaired) electrons. The quantitative estimate of drug-likeness (QED) is 0.780. The lowest BCUT2D eigenvalue weighted by atomic mass is 9.85. The lowest BCUT2D eigenvalue weighted by Gasteiger charge is -2.33. The molecule has 3 nitrogen and oxygen atoms in total. The molecule has 1 aromatic carbocycles. The first-order chi connectivity index (χ1) is 9.79. The Labute approximate surface area is 119 Å². The number of ether oxygens (including phenoxy) is 2. The average molecular weight is 272 g/mol. The zero-order valence-corrected chi connectivity index (χ0v) is 11.9. The van der Waals surface area contributed by atoms with Gasteiger partial charge < -0.3 is 9.47 Å². The highest BCUT2D eigenvalue weighted by Crippen LogP contribution is 2.44. The summed E-state index contributed by atoms with van der Waals surface area (Å²) in [5.41, 5.74) is 3.73. The molecule has 0 spiro atoms. The maximum atomic E-state index is 11.8. The second-order valence-corrected chi connectivity index (χ2v) is 5.31. The van der Waals surface area contributed by atoms with Crippen molar-refractivity contribution in [3.8, 4) is 0 Å². The van der Waals surface area contributed by atoms with Crippen LogP contribution in [0.25, 0.3) is 5.57 Å². The first-order valence-electron chi connectivity index (χ1n) is 7.43. The zero-order valence-electron chi connectivity index (χ0n) is 11.9. The number of rotatable bonds is 3. The van der Waals surface area contributed by atoms with Crippen LogP contribution in [0.2, 0.25) is 0 Å². The van der Waals surface area contributed by atoms with Crippen LogP contribution in [0.15, 0.2) is 30.0 Å². The molecule has 3 heteroatoms. The van der Waals surface area contributed by atoms with Crippen LogP contribution in [0.5, 0.6) is 0 Å². The minimum Gasteiger partial charge on any atom is -0.489 e. The van der Waals surface area contributed by atoms with Gasteiger partial charge in [0.15, 0.2) is 0 Å². The molecule has 106 valence electrons. The number of hydrogen-bond donors (Lipinski definition) is 0. The van der Waals surface area contributed by atoms with E-state index in [1.54, 1.807) is 0 Å². The summed E-state index contributed by atoms with van der Waals surface area (Å²) in [6.45, 7) is 2.25. The number of fused-ring (bicyclic) bond motifs is 2. The van der Waals surface area contributed by atoms with E-state index in [2.05, 4.69) is 18.2 Å². The molecule has 20 heavy (non-hydrogen) atoms. The molecule has 0 saturated carbocycles. The van der Waals surface area contributed by atoms with Crippen molar-refractivity contribution in [2.45, 2.75) is 45.1 Å². The van der Waals surface area contributed by atoms with Crippen molar-refractivity contribution in [3.63, 3.8) is 0 Å². The topological polar surface area (TPSA) is 35.5 Å². The molecule has 0 fully saturated rings. The summed E-state index contributed by atoms with van der Waals surface area (Å²) in [6.07, 6.45) is 4.57. The Balaban J connectivity index is 1.91. The smallest absolute Gasteiger partial charge is 0.309 e. The highest BCUT2D eigenvalue weighted by Gasteiger charge is 2.30. The van der Waals surface area contributed by atoms with Gasteiger partial charge in [-0.05, 0) is 37.3 Å². The van der Waals surface area contributed by atoms with Crippen molar-refractivity contribution in [2.24, 2.45) is 0 Å². The van der Waals surface area contributed by atoms with E-state index in [0.717, 1.165) is 24.2 Å². The first kappa shape index (κ1) is 13.2. The molecule has 1 aliphatic heterocycles.